The molecule has 1 saturated carbocycles. The Labute approximate surface area is 104 Å². The van der Waals surface area contributed by atoms with Crippen molar-refractivity contribution >= 4 is 5.97 Å². The summed E-state index contributed by atoms with van der Waals surface area (Å²) in [4.78, 5) is 14.0. The van der Waals surface area contributed by atoms with E-state index >= 15 is 0 Å². The third kappa shape index (κ3) is 3.32. The van der Waals surface area contributed by atoms with Gasteiger partial charge in [-0.15, -0.1) is 0 Å². The Balaban J connectivity index is 1.60. The number of hydrogen-bond acceptors (Lipinski definition) is 3. The molecule has 17 heavy (non-hydrogen) atoms. The molecule has 2 bridgehead atoms. The molecule has 0 aromatic heterocycles. The van der Waals surface area contributed by atoms with E-state index in [9.17, 15) is 4.79 Å². The number of esters is 1. The molecule has 0 aliphatic heterocycles. The van der Waals surface area contributed by atoms with E-state index in [1.54, 1.807) is 0 Å². The first kappa shape index (κ1) is 12.6. The van der Waals surface area contributed by atoms with Crippen molar-refractivity contribution < 1.29 is 9.53 Å². The second kappa shape index (κ2) is 5.67. The van der Waals surface area contributed by atoms with Crippen LogP contribution in [0.25, 0.3) is 0 Å². The quantitative estimate of drug-likeness (QED) is 0.402. The zero-order valence-corrected chi connectivity index (χ0v) is 10.9. The highest BCUT2D eigenvalue weighted by Crippen LogP contribution is 2.43. The first-order valence-corrected chi connectivity index (χ1v) is 6.66. The van der Waals surface area contributed by atoms with Crippen LogP contribution >= 0.6 is 0 Å². The molecule has 2 aliphatic rings. The van der Waals surface area contributed by atoms with Crippen molar-refractivity contribution in [3.8, 4) is 0 Å². The number of unbranched alkanes of at least 4 members (excludes halogenated alkanes) is 1. The van der Waals surface area contributed by atoms with Gasteiger partial charge in [-0.25, -0.2) is 0 Å². The predicted octanol–water partition coefficient (Wildman–Crippen LogP) is 2.08. The molecule has 0 spiro atoms. The average Bonchev–Trinajstić information content (AvgIpc) is 2.89. The fraction of sp³-hybridized carbons (Fsp3) is 0.786. The lowest BCUT2D eigenvalue weighted by Crippen LogP contribution is -2.22. The Kier molecular flexibility index (Phi) is 4.21. The van der Waals surface area contributed by atoms with Gasteiger partial charge in [0.2, 0.25) is 0 Å². The first-order chi connectivity index (χ1) is 8.16. The fourth-order valence-electron chi connectivity index (χ4n) is 2.86. The summed E-state index contributed by atoms with van der Waals surface area (Å²) in [7, 11) is 4.13. The van der Waals surface area contributed by atoms with Crippen LogP contribution in [-0.4, -0.2) is 38.1 Å². The second-order valence-corrected chi connectivity index (χ2v) is 5.56. The Hall–Kier alpha value is -0.830. The van der Waals surface area contributed by atoms with E-state index in [2.05, 4.69) is 31.1 Å². The van der Waals surface area contributed by atoms with Crippen molar-refractivity contribution in [2.75, 3.05) is 27.2 Å². The molecule has 96 valence electrons. The van der Waals surface area contributed by atoms with Gasteiger partial charge in [0.15, 0.2) is 0 Å². The van der Waals surface area contributed by atoms with Gasteiger partial charge in [0.1, 0.15) is 0 Å². The molecule has 3 unspecified atom stereocenters. The van der Waals surface area contributed by atoms with Gasteiger partial charge >= 0.3 is 5.97 Å². The summed E-state index contributed by atoms with van der Waals surface area (Å²) >= 11 is 0. The molecule has 3 heteroatoms. The SMILES string of the molecule is CN(C)CCCCOC(=O)C1CC2C=CC1C2. The van der Waals surface area contributed by atoms with E-state index in [1.165, 1.54) is 6.42 Å². The van der Waals surface area contributed by atoms with Crippen LogP contribution in [0.5, 0.6) is 0 Å². The summed E-state index contributed by atoms with van der Waals surface area (Å²) < 4.78 is 5.37. The van der Waals surface area contributed by atoms with Crippen LogP contribution in [-0.2, 0) is 9.53 Å². The zero-order chi connectivity index (χ0) is 12.3. The van der Waals surface area contributed by atoms with E-state index < -0.39 is 0 Å². The van der Waals surface area contributed by atoms with Crippen LogP contribution in [0.2, 0.25) is 0 Å². The third-order valence-corrected chi connectivity index (χ3v) is 3.83. The van der Waals surface area contributed by atoms with Gasteiger partial charge in [0.25, 0.3) is 0 Å². The number of carbonyl (C=O) groups is 1. The molecule has 1 fully saturated rings. The van der Waals surface area contributed by atoms with E-state index in [1.807, 2.05) is 0 Å². The Bertz CT molecular complexity index is 299. The third-order valence-electron chi connectivity index (χ3n) is 3.83. The van der Waals surface area contributed by atoms with Gasteiger partial charge in [-0.1, -0.05) is 12.2 Å². The van der Waals surface area contributed by atoms with Gasteiger partial charge in [0.05, 0.1) is 12.5 Å². The van der Waals surface area contributed by atoms with Gasteiger partial charge in [0, 0.05) is 0 Å². The Morgan fingerprint density at radius 2 is 2.12 bits per heavy atom. The lowest BCUT2D eigenvalue weighted by molar-refractivity contribution is -0.149. The Morgan fingerprint density at radius 3 is 2.71 bits per heavy atom. The summed E-state index contributed by atoms with van der Waals surface area (Å²) in [6.07, 6.45) is 8.70. The van der Waals surface area contributed by atoms with Crippen molar-refractivity contribution in [2.45, 2.75) is 25.7 Å². The number of carbonyl (C=O) groups excluding carboxylic acids is 1. The number of hydrogen-bond donors (Lipinski definition) is 0. The number of ether oxygens (including phenoxy) is 1. The maximum atomic E-state index is 11.9. The summed E-state index contributed by atoms with van der Waals surface area (Å²) in [6.45, 7) is 1.65. The largest absolute Gasteiger partial charge is 0.465 e. The molecule has 0 aromatic carbocycles. The summed E-state index contributed by atoms with van der Waals surface area (Å²) in [6, 6.07) is 0. The minimum Gasteiger partial charge on any atom is -0.465 e. The first-order valence-electron chi connectivity index (χ1n) is 6.66. The normalized spacial score (nSPS) is 30.2. The van der Waals surface area contributed by atoms with E-state index in [0.717, 1.165) is 25.8 Å². The minimum atomic E-state index is 0.0340. The standard InChI is InChI=1S/C14H23NO2/c1-15(2)7-3-4-8-17-14(16)13-10-11-5-6-12(13)9-11/h5-6,11-13H,3-4,7-10H2,1-2H3. The van der Waals surface area contributed by atoms with Gasteiger partial charge in [-0.05, 0) is 58.2 Å². The van der Waals surface area contributed by atoms with Crippen LogP contribution in [0.15, 0.2) is 12.2 Å². The van der Waals surface area contributed by atoms with Crippen LogP contribution in [0.1, 0.15) is 25.7 Å². The molecule has 0 amide bonds. The molecule has 0 heterocycles. The number of allylic oxidation sites excluding steroid dienone is 2. The highest BCUT2D eigenvalue weighted by Gasteiger charge is 2.40. The van der Waals surface area contributed by atoms with Crippen molar-refractivity contribution in [2.24, 2.45) is 17.8 Å². The van der Waals surface area contributed by atoms with Crippen molar-refractivity contribution in [1.82, 2.24) is 4.90 Å². The molecule has 3 atom stereocenters. The predicted molar refractivity (Wildman–Crippen MR) is 67.6 cm³/mol. The van der Waals surface area contributed by atoms with Crippen molar-refractivity contribution in [1.29, 1.82) is 0 Å². The molecule has 3 nitrogen and oxygen atoms in total. The van der Waals surface area contributed by atoms with Gasteiger partial charge in [-0.2, -0.15) is 0 Å². The summed E-state index contributed by atoms with van der Waals surface area (Å²) in [5, 5.41) is 0. The van der Waals surface area contributed by atoms with E-state index in [0.29, 0.717) is 18.4 Å². The molecule has 0 radical (unpaired) electrons. The van der Waals surface area contributed by atoms with E-state index in [4.69, 9.17) is 4.74 Å². The lowest BCUT2D eigenvalue weighted by atomic mass is 9.94. The van der Waals surface area contributed by atoms with E-state index in [-0.39, 0.29) is 11.9 Å². The number of fused-ring (bicyclic) bond motifs is 2. The molecule has 0 saturated heterocycles. The highest BCUT2D eigenvalue weighted by molar-refractivity contribution is 5.74. The fourth-order valence-corrected chi connectivity index (χ4v) is 2.86. The number of nitrogens with zero attached hydrogens (tertiary/aromatic N) is 1. The molecular formula is C14H23NO2. The van der Waals surface area contributed by atoms with Crippen LogP contribution in [0.3, 0.4) is 0 Å². The Morgan fingerprint density at radius 1 is 1.29 bits per heavy atom. The van der Waals surface area contributed by atoms with Crippen LogP contribution in [0, 0.1) is 17.8 Å². The van der Waals surface area contributed by atoms with Crippen molar-refractivity contribution in [3.05, 3.63) is 12.2 Å². The topological polar surface area (TPSA) is 29.5 Å². The van der Waals surface area contributed by atoms with Gasteiger partial charge < -0.3 is 9.64 Å². The van der Waals surface area contributed by atoms with Gasteiger partial charge in [-0.3, -0.25) is 4.79 Å². The minimum absolute atomic E-state index is 0.0340. The maximum absolute atomic E-state index is 11.9. The smallest absolute Gasteiger partial charge is 0.309 e. The maximum Gasteiger partial charge on any atom is 0.309 e. The average molecular weight is 237 g/mol. The summed E-state index contributed by atoms with van der Waals surface area (Å²) in [5.41, 5.74) is 0. The molecule has 2 rings (SSSR count). The zero-order valence-electron chi connectivity index (χ0n) is 10.9. The molecule has 2 aliphatic carbocycles. The van der Waals surface area contributed by atoms with Crippen LogP contribution in [0.4, 0.5) is 0 Å². The second-order valence-electron chi connectivity index (χ2n) is 5.56. The van der Waals surface area contributed by atoms with Crippen LogP contribution < -0.4 is 0 Å². The lowest BCUT2D eigenvalue weighted by Gasteiger charge is -2.16. The van der Waals surface area contributed by atoms with Crippen molar-refractivity contribution in [3.63, 3.8) is 0 Å². The molecule has 0 aromatic rings. The number of rotatable bonds is 6. The summed E-state index contributed by atoms with van der Waals surface area (Å²) in [5.74, 6) is 1.30. The molecular weight excluding hydrogens is 214 g/mol. The molecule has 0 N–H and O–H groups in total. The monoisotopic (exact) mass is 237 g/mol. The highest BCUT2D eigenvalue weighted by atomic mass is 16.5.